The predicted octanol–water partition coefficient (Wildman–Crippen LogP) is -4.80. The Balaban J connectivity index is 1.54. The summed E-state index contributed by atoms with van der Waals surface area (Å²) < 4.78 is 63.5. The second kappa shape index (κ2) is 15.8. The highest BCUT2D eigenvalue weighted by molar-refractivity contribution is 7.89. The molecule has 4 fully saturated rings. The van der Waals surface area contributed by atoms with Gasteiger partial charge in [-0.3, -0.25) is 0 Å². The maximum atomic E-state index is 12.7. The standard InChI is InChI=1S/C25H50N6O11S/c26-6-2-8-43(35,36)31-16-9-15(30)20(40-24-14(29)5-4-12(10-27)38-24)22(18(16)33)42-25-19(34)21(17(11-32)39-25)41-23-13(28)3-1-7-37-23/h12-25,31-34H,1-11,26-30H2/t12-,13+,14+,15-,16+,17+,18-,19+,20+,21+,22+,23+,24+,25-/m0/s1. The topological polar surface area (TPSA) is 292 Å². The lowest BCUT2D eigenvalue weighted by atomic mass is 9.84. The van der Waals surface area contributed by atoms with Crippen LogP contribution in [0.15, 0.2) is 0 Å². The molecule has 4 rings (SSSR count). The van der Waals surface area contributed by atoms with E-state index < -0.39 is 96.3 Å². The summed E-state index contributed by atoms with van der Waals surface area (Å²) in [6, 6.07) is -2.89. The first-order valence-electron chi connectivity index (χ1n) is 15.0. The van der Waals surface area contributed by atoms with E-state index >= 15 is 0 Å². The van der Waals surface area contributed by atoms with Gasteiger partial charge in [-0.25, -0.2) is 13.1 Å². The third kappa shape index (κ3) is 8.79. The average Bonchev–Trinajstić information content (AvgIpc) is 3.27. The van der Waals surface area contributed by atoms with E-state index in [2.05, 4.69) is 4.72 Å². The van der Waals surface area contributed by atoms with Crippen molar-refractivity contribution in [1.29, 1.82) is 0 Å². The zero-order valence-electron chi connectivity index (χ0n) is 24.3. The molecule has 1 saturated carbocycles. The van der Waals surface area contributed by atoms with E-state index in [0.29, 0.717) is 25.9 Å². The molecule has 0 spiro atoms. The zero-order valence-corrected chi connectivity index (χ0v) is 25.1. The number of aliphatic hydroxyl groups is 3. The molecule has 18 heteroatoms. The molecule has 3 aliphatic heterocycles. The fourth-order valence-corrected chi connectivity index (χ4v) is 7.31. The lowest BCUT2D eigenvalue weighted by Gasteiger charge is -2.46. The number of aliphatic hydroxyl groups excluding tert-OH is 3. The molecule has 0 aromatic rings. The van der Waals surface area contributed by atoms with E-state index in [-0.39, 0.29) is 37.8 Å². The van der Waals surface area contributed by atoms with Crippen molar-refractivity contribution in [2.75, 3.05) is 32.1 Å². The van der Waals surface area contributed by atoms with E-state index in [4.69, 9.17) is 57.1 Å². The Morgan fingerprint density at radius 2 is 1.53 bits per heavy atom. The predicted molar refractivity (Wildman–Crippen MR) is 151 cm³/mol. The summed E-state index contributed by atoms with van der Waals surface area (Å²) in [5.74, 6) is -0.244. The van der Waals surface area contributed by atoms with Gasteiger partial charge >= 0.3 is 0 Å². The van der Waals surface area contributed by atoms with Crippen LogP contribution in [-0.4, -0.2) is 142 Å². The molecule has 0 bridgehead atoms. The summed E-state index contributed by atoms with van der Waals surface area (Å²) in [6.07, 6.45) is -8.09. The van der Waals surface area contributed by atoms with Crippen LogP contribution in [0.1, 0.15) is 38.5 Å². The van der Waals surface area contributed by atoms with Crippen molar-refractivity contribution in [3.63, 3.8) is 0 Å². The molecule has 252 valence electrons. The fourth-order valence-electron chi connectivity index (χ4n) is 5.95. The highest BCUT2D eigenvalue weighted by Gasteiger charge is 2.53. The highest BCUT2D eigenvalue weighted by Crippen LogP contribution is 2.34. The van der Waals surface area contributed by atoms with Gasteiger partial charge in [0.1, 0.15) is 30.5 Å². The molecule has 43 heavy (non-hydrogen) atoms. The molecular formula is C25H50N6O11S. The summed E-state index contributed by atoms with van der Waals surface area (Å²) in [7, 11) is -3.83. The van der Waals surface area contributed by atoms with Gasteiger partial charge in [-0.15, -0.1) is 0 Å². The van der Waals surface area contributed by atoms with Crippen molar-refractivity contribution >= 4 is 10.0 Å². The average molecular weight is 643 g/mol. The molecule has 17 nitrogen and oxygen atoms in total. The molecule has 0 aromatic carbocycles. The molecule has 0 aromatic heterocycles. The quantitative estimate of drug-likeness (QED) is 0.0910. The van der Waals surface area contributed by atoms with Crippen LogP contribution >= 0.6 is 0 Å². The molecule has 4 aliphatic rings. The van der Waals surface area contributed by atoms with Crippen molar-refractivity contribution in [1.82, 2.24) is 4.72 Å². The summed E-state index contributed by atoms with van der Waals surface area (Å²) in [4.78, 5) is 0. The number of nitrogens with one attached hydrogen (secondary N) is 1. The van der Waals surface area contributed by atoms with Gasteiger partial charge in [-0.1, -0.05) is 0 Å². The van der Waals surface area contributed by atoms with Crippen molar-refractivity contribution < 1.29 is 52.2 Å². The molecule has 14 atom stereocenters. The number of hydrogen-bond donors (Lipinski definition) is 9. The van der Waals surface area contributed by atoms with Crippen molar-refractivity contribution in [3.8, 4) is 0 Å². The van der Waals surface area contributed by atoms with E-state index in [1.807, 2.05) is 0 Å². The SMILES string of the molecule is NCCCS(=O)(=O)N[C@@H]1C[C@H](N)[C@@H](O[C@H]2O[C@H](CN)CC[C@H]2N)[C@H](O[C@@H]2O[C@H](CO)[C@@H](O[C@H]3OCCC[C@H]3N)[C@H]2O)[C@H]1O. The molecule has 14 N–H and O–H groups in total. The third-order valence-electron chi connectivity index (χ3n) is 8.39. The first kappa shape index (κ1) is 35.2. The van der Waals surface area contributed by atoms with Gasteiger partial charge in [0, 0.05) is 19.2 Å². The van der Waals surface area contributed by atoms with Crippen LogP contribution in [-0.2, 0) is 38.4 Å². The number of ether oxygens (including phenoxy) is 6. The van der Waals surface area contributed by atoms with E-state index in [9.17, 15) is 23.7 Å². The van der Waals surface area contributed by atoms with E-state index in [1.165, 1.54) is 0 Å². The smallest absolute Gasteiger partial charge is 0.211 e. The van der Waals surface area contributed by atoms with Gasteiger partial charge in [0.25, 0.3) is 0 Å². The Labute approximate surface area is 252 Å². The lowest BCUT2D eigenvalue weighted by molar-refractivity contribution is -0.287. The number of sulfonamides is 1. The summed E-state index contributed by atoms with van der Waals surface area (Å²) in [5.41, 5.74) is 30.2. The fraction of sp³-hybridized carbons (Fsp3) is 1.00. The second-order valence-electron chi connectivity index (χ2n) is 11.7. The highest BCUT2D eigenvalue weighted by atomic mass is 32.2. The minimum atomic E-state index is -3.83. The van der Waals surface area contributed by atoms with Gasteiger partial charge in [0.2, 0.25) is 10.0 Å². The molecule has 0 unspecified atom stereocenters. The zero-order chi connectivity index (χ0) is 31.3. The van der Waals surface area contributed by atoms with Gasteiger partial charge < -0.3 is 72.4 Å². The molecular weight excluding hydrogens is 592 g/mol. The van der Waals surface area contributed by atoms with E-state index in [1.54, 1.807) is 0 Å². The Kier molecular flexibility index (Phi) is 12.9. The molecule has 3 heterocycles. The maximum absolute atomic E-state index is 12.7. The minimum Gasteiger partial charge on any atom is -0.394 e. The molecule has 0 radical (unpaired) electrons. The summed E-state index contributed by atoms with van der Waals surface area (Å²) in [6.45, 7) is 0.323. The van der Waals surface area contributed by atoms with Crippen LogP contribution in [0.3, 0.4) is 0 Å². The molecule has 3 saturated heterocycles. The monoisotopic (exact) mass is 642 g/mol. The van der Waals surface area contributed by atoms with Crippen LogP contribution < -0.4 is 33.4 Å². The first-order chi connectivity index (χ1) is 20.5. The van der Waals surface area contributed by atoms with Gasteiger partial charge in [0.05, 0.1) is 42.7 Å². The van der Waals surface area contributed by atoms with Crippen LogP contribution in [0, 0.1) is 0 Å². The minimum absolute atomic E-state index is 0.00813. The number of hydrogen-bond acceptors (Lipinski definition) is 16. The van der Waals surface area contributed by atoms with Crippen molar-refractivity contribution in [3.05, 3.63) is 0 Å². The van der Waals surface area contributed by atoms with Gasteiger partial charge in [-0.05, 0) is 45.1 Å². The van der Waals surface area contributed by atoms with Crippen molar-refractivity contribution in [2.45, 2.75) is 124 Å². The lowest BCUT2D eigenvalue weighted by Crippen LogP contribution is -2.66. The molecule has 1 aliphatic carbocycles. The van der Waals surface area contributed by atoms with Crippen LogP contribution in [0.4, 0.5) is 0 Å². The Bertz CT molecular complexity index is 972. The Hall–Kier alpha value is -0.650. The summed E-state index contributed by atoms with van der Waals surface area (Å²) in [5, 5.41) is 32.7. The number of rotatable bonds is 13. The largest absolute Gasteiger partial charge is 0.394 e. The van der Waals surface area contributed by atoms with Crippen LogP contribution in [0.2, 0.25) is 0 Å². The van der Waals surface area contributed by atoms with E-state index in [0.717, 1.165) is 6.42 Å². The van der Waals surface area contributed by atoms with Gasteiger partial charge in [0.15, 0.2) is 18.9 Å². The van der Waals surface area contributed by atoms with Crippen LogP contribution in [0.25, 0.3) is 0 Å². The van der Waals surface area contributed by atoms with Crippen molar-refractivity contribution in [2.24, 2.45) is 28.7 Å². The molecule has 0 amide bonds. The number of nitrogens with two attached hydrogens (primary N) is 5. The Morgan fingerprint density at radius 3 is 2.21 bits per heavy atom. The first-order valence-corrected chi connectivity index (χ1v) is 16.7. The Morgan fingerprint density at radius 1 is 0.837 bits per heavy atom. The normalized spacial score (nSPS) is 44.5. The second-order valence-corrected chi connectivity index (χ2v) is 13.6. The maximum Gasteiger partial charge on any atom is 0.211 e. The third-order valence-corrected chi connectivity index (χ3v) is 9.88. The van der Waals surface area contributed by atoms with Crippen LogP contribution in [0.5, 0.6) is 0 Å². The van der Waals surface area contributed by atoms with Gasteiger partial charge in [-0.2, -0.15) is 0 Å². The summed E-state index contributed by atoms with van der Waals surface area (Å²) >= 11 is 0.